The van der Waals surface area contributed by atoms with Gasteiger partial charge in [-0.3, -0.25) is 0 Å². The highest BCUT2D eigenvalue weighted by Crippen LogP contribution is 2.20. The molecule has 138 valence electrons. The van der Waals surface area contributed by atoms with Gasteiger partial charge in [-0.2, -0.15) is 8.42 Å². The lowest BCUT2D eigenvalue weighted by Crippen LogP contribution is -2.48. The highest BCUT2D eigenvalue weighted by atomic mass is 32.2. The van der Waals surface area contributed by atoms with E-state index in [1.54, 1.807) is 24.3 Å². The van der Waals surface area contributed by atoms with Crippen LogP contribution < -0.4 is 4.90 Å². The average molecular weight is 390 g/mol. The number of amidine groups is 1. The molecule has 7 heteroatoms. The number of anilines is 1. The molecule has 0 saturated carbocycles. The molecule has 5 nitrogen and oxygen atoms in total. The van der Waals surface area contributed by atoms with Crippen LogP contribution in [-0.4, -0.2) is 50.9 Å². The number of rotatable bonds is 3. The highest BCUT2D eigenvalue weighted by Gasteiger charge is 2.22. The Morgan fingerprint density at radius 1 is 0.962 bits per heavy atom. The maximum atomic E-state index is 12.6. The molecule has 2 aromatic rings. The number of hydrogen-bond acceptors (Lipinski definition) is 4. The standard InChI is InChI=1S/C19H23N3O2S2/c1-16-8-10-18(11-9-16)26(23,24)20-19(25-2)22-14-12-21(13-15-22)17-6-4-3-5-7-17/h3-11H,12-15H2,1-2H3/b20-19+. The number of nitrogens with zero attached hydrogens (tertiary/aromatic N) is 3. The third-order valence-electron chi connectivity index (χ3n) is 4.37. The van der Waals surface area contributed by atoms with Crippen molar-refractivity contribution < 1.29 is 8.42 Å². The van der Waals surface area contributed by atoms with Gasteiger partial charge in [-0.1, -0.05) is 47.7 Å². The summed E-state index contributed by atoms with van der Waals surface area (Å²) in [6.45, 7) is 5.11. The van der Waals surface area contributed by atoms with E-state index in [-0.39, 0.29) is 4.90 Å². The van der Waals surface area contributed by atoms with Crippen molar-refractivity contribution in [2.75, 3.05) is 37.3 Å². The predicted octanol–water partition coefficient (Wildman–Crippen LogP) is 3.22. The van der Waals surface area contributed by atoms with E-state index < -0.39 is 10.0 Å². The Hall–Kier alpha value is -1.99. The van der Waals surface area contributed by atoms with E-state index in [0.29, 0.717) is 5.17 Å². The Morgan fingerprint density at radius 2 is 1.58 bits per heavy atom. The number of hydrogen-bond donors (Lipinski definition) is 0. The summed E-state index contributed by atoms with van der Waals surface area (Å²) in [6, 6.07) is 17.1. The van der Waals surface area contributed by atoms with Crippen molar-refractivity contribution in [2.45, 2.75) is 11.8 Å². The minimum absolute atomic E-state index is 0.234. The van der Waals surface area contributed by atoms with Crippen molar-refractivity contribution in [3.05, 3.63) is 60.2 Å². The molecule has 1 heterocycles. The van der Waals surface area contributed by atoms with Gasteiger partial charge in [0.25, 0.3) is 10.0 Å². The van der Waals surface area contributed by atoms with Crippen LogP contribution in [0.15, 0.2) is 63.9 Å². The number of para-hydroxylation sites is 1. The van der Waals surface area contributed by atoms with Crippen molar-refractivity contribution in [3.8, 4) is 0 Å². The van der Waals surface area contributed by atoms with Gasteiger partial charge in [-0.25, -0.2) is 0 Å². The van der Waals surface area contributed by atoms with Crippen LogP contribution in [0.4, 0.5) is 5.69 Å². The Morgan fingerprint density at radius 3 is 2.15 bits per heavy atom. The first kappa shape index (κ1) is 18.8. The molecule has 1 aliphatic rings. The molecule has 0 spiro atoms. The zero-order chi connectivity index (χ0) is 18.6. The molecule has 1 saturated heterocycles. The average Bonchev–Trinajstić information content (AvgIpc) is 2.67. The van der Waals surface area contributed by atoms with Gasteiger partial charge in [0.15, 0.2) is 5.17 Å². The van der Waals surface area contributed by atoms with Crippen LogP contribution in [0.25, 0.3) is 0 Å². The summed E-state index contributed by atoms with van der Waals surface area (Å²) in [5, 5.41) is 0.554. The highest BCUT2D eigenvalue weighted by molar-refractivity contribution is 8.13. The topological polar surface area (TPSA) is 53.0 Å². The summed E-state index contributed by atoms with van der Waals surface area (Å²) < 4.78 is 29.3. The molecule has 0 N–H and O–H groups in total. The normalized spacial score (nSPS) is 16.0. The SMILES string of the molecule is CS/C(=N/S(=O)(=O)c1ccc(C)cc1)N1CCN(c2ccccc2)CC1. The fourth-order valence-corrected chi connectivity index (χ4v) is 4.82. The summed E-state index contributed by atoms with van der Waals surface area (Å²) in [4.78, 5) is 4.59. The van der Waals surface area contributed by atoms with Crippen molar-refractivity contribution in [1.82, 2.24) is 4.90 Å². The largest absolute Gasteiger partial charge is 0.368 e. The summed E-state index contributed by atoms with van der Waals surface area (Å²) in [7, 11) is -3.69. The zero-order valence-corrected chi connectivity index (χ0v) is 16.6. The van der Waals surface area contributed by atoms with Crippen LogP contribution in [0.5, 0.6) is 0 Å². The second-order valence-corrected chi connectivity index (χ2v) is 8.55. The smallest absolute Gasteiger partial charge is 0.284 e. The maximum absolute atomic E-state index is 12.6. The zero-order valence-electron chi connectivity index (χ0n) is 15.0. The Balaban J connectivity index is 1.73. The van der Waals surface area contributed by atoms with E-state index in [4.69, 9.17) is 0 Å². The van der Waals surface area contributed by atoms with E-state index >= 15 is 0 Å². The fraction of sp³-hybridized carbons (Fsp3) is 0.316. The first-order valence-electron chi connectivity index (χ1n) is 8.50. The Labute approximate surface area is 159 Å². The number of aryl methyl sites for hydroxylation is 1. The second kappa shape index (κ2) is 8.14. The summed E-state index contributed by atoms with van der Waals surface area (Å²) in [5.74, 6) is 0. The first-order chi connectivity index (χ1) is 12.5. The maximum Gasteiger partial charge on any atom is 0.284 e. The second-order valence-electron chi connectivity index (χ2n) is 6.18. The van der Waals surface area contributed by atoms with E-state index in [1.165, 1.54) is 17.4 Å². The van der Waals surface area contributed by atoms with E-state index in [9.17, 15) is 8.42 Å². The molecule has 0 amide bonds. The molecule has 0 aromatic heterocycles. The Kier molecular flexibility index (Phi) is 5.88. The molecule has 0 bridgehead atoms. The van der Waals surface area contributed by atoms with Gasteiger partial charge in [0.05, 0.1) is 4.90 Å². The lowest BCUT2D eigenvalue weighted by molar-refractivity contribution is 0.393. The molecule has 0 atom stereocenters. The molecule has 0 radical (unpaired) electrons. The first-order valence-corrected chi connectivity index (χ1v) is 11.2. The van der Waals surface area contributed by atoms with E-state index in [2.05, 4.69) is 26.3 Å². The van der Waals surface area contributed by atoms with Crippen molar-refractivity contribution in [2.24, 2.45) is 4.40 Å². The van der Waals surface area contributed by atoms with Crippen LogP contribution in [-0.2, 0) is 10.0 Å². The van der Waals surface area contributed by atoms with Crippen LogP contribution in [0.3, 0.4) is 0 Å². The van der Waals surface area contributed by atoms with Gasteiger partial charge in [0.1, 0.15) is 0 Å². The minimum Gasteiger partial charge on any atom is -0.368 e. The quantitative estimate of drug-likeness (QED) is 0.596. The molecule has 0 unspecified atom stereocenters. The third-order valence-corrected chi connectivity index (χ3v) is 6.48. The molecule has 0 aliphatic carbocycles. The van der Waals surface area contributed by atoms with Crippen LogP contribution >= 0.6 is 11.8 Å². The monoisotopic (exact) mass is 389 g/mol. The third kappa shape index (κ3) is 4.40. The van der Waals surface area contributed by atoms with Gasteiger partial charge in [-0.15, -0.1) is 4.40 Å². The molecule has 3 rings (SSSR count). The number of piperazine rings is 1. The molecular weight excluding hydrogens is 366 g/mol. The fourth-order valence-electron chi connectivity index (χ4n) is 2.88. The number of sulfonamides is 1. The summed E-state index contributed by atoms with van der Waals surface area (Å²) in [6.07, 6.45) is 1.87. The number of thioether (sulfide) groups is 1. The van der Waals surface area contributed by atoms with Crippen molar-refractivity contribution in [3.63, 3.8) is 0 Å². The lowest BCUT2D eigenvalue weighted by Gasteiger charge is -2.37. The van der Waals surface area contributed by atoms with Crippen molar-refractivity contribution >= 4 is 32.6 Å². The summed E-state index contributed by atoms with van der Waals surface area (Å²) >= 11 is 1.38. The Bertz CT molecular complexity index is 857. The molecule has 1 aliphatic heterocycles. The van der Waals surface area contributed by atoms with Gasteiger partial charge >= 0.3 is 0 Å². The van der Waals surface area contributed by atoms with E-state index in [1.807, 2.05) is 31.4 Å². The number of benzene rings is 2. The predicted molar refractivity (Wildman–Crippen MR) is 110 cm³/mol. The molecule has 2 aromatic carbocycles. The van der Waals surface area contributed by atoms with Crippen LogP contribution in [0.1, 0.15) is 5.56 Å². The van der Waals surface area contributed by atoms with Gasteiger partial charge < -0.3 is 9.80 Å². The van der Waals surface area contributed by atoms with Crippen molar-refractivity contribution in [1.29, 1.82) is 0 Å². The lowest BCUT2D eigenvalue weighted by atomic mass is 10.2. The van der Waals surface area contributed by atoms with Crippen LogP contribution in [0.2, 0.25) is 0 Å². The molecule has 1 fully saturated rings. The minimum atomic E-state index is -3.69. The van der Waals surface area contributed by atoms with Gasteiger partial charge in [0, 0.05) is 31.9 Å². The summed E-state index contributed by atoms with van der Waals surface area (Å²) in [5.41, 5.74) is 2.22. The van der Waals surface area contributed by atoms with E-state index in [0.717, 1.165) is 31.7 Å². The van der Waals surface area contributed by atoms with Gasteiger partial charge in [-0.05, 0) is 37.4 Å². The molecular formula is C19H23N3O2S2. The van der Waals surface area contributed by atoms with Gasteiger partial charge in [0.2, 0.25) is 0 Å². The molecule has 26 heavy (non-hydrogen) atoms. The van der Waals surface area contributed by atoms with Crippen LogP contribution in [0, 0.1) is 6.92 Å².